The van der Waals surface area contributed by atoms with Crippen LogP contribution in [-0.4, -0.2) is 29.6 Å². The molecule has 0 saturated carbocycles. The molecule has 1 unspecified atom stereocenters. The second kappa shape index (κ2) is 8.14. The fraction of sp³-hybridized carbons (Fsp3) is 0.429. The monoisotopic (exact) mass is 283 g/mol. The molecule has 0 aliphatic heterocycles. The molecule has 0 heterocycles. The summed E-state index contributed by atoms with van der Waals surface area (Å²) >= 11 is 0. The molecule has 0 spiro atoms. The number of ether oxygens (including phenoxy) is 1. The Morgan fingerprint density at radius 1 is 1.35 bits per heavy atom. The smallest absolute Gasteiger partial charge is 0.303 e. The molecule has 1 aromatic rings. The number of rotatable bonds is 8. The Labute approximate surface area is 116 Å². The fourth-order valence-corrected chi connectivity index (χ4v) is 1.57. The second-order valence-electron chi connectivity index (χ2n) is 4.43. The van der Waals surface area contributed by atoms with Crippen LogP contribution >= 0.6 is 0 Å². The molecule has 0 aliphatic carbocycles. The summed E-state index contributed by atoms with van der Waals surface area (Å²) in [6.07, 6.45) is 0.466. The van der Waals surface area contributed by atoms with Crippen molar-refractivity contribution in [3.05, 3.63) is 30.1 Å². The highest BCUT2D eigenvalue weighted by atomic mass is 19.1. The third-order valence-electron chi connectivity index (χ3n) is 2.62. The second-order valence-corrected chi connectivity index (χ2v) is 4.43. The quantitative estimate of drug-likeness (QED) is 0.764. The lowest BCUT2D eigenvalue weighted by Crippen LogP contribution is -2.33. The molecule has 1 amide bonds. The minimum atomic E-state index is -0.894. The standard InChI is InChI=1S/C14H18FNO4/c1-10(6-7-14(18)19)16-13(17)8-9-20-12-5-3-2-4-11(12)15/h2-5,10H,6-9H2,1H3,(H,16,17)(H,18,19). The Hall–Kier alpha value is -2.11. The number of hydrogen-bond donors (Lipinski definition) is 2. The van der Waals surface area contributed by atoms with Crippen molar-refractivity contribution >= 4 is 11.9 Å². The molecule has 2 N–H and O–H groups in total. The van der Waals surface area contributed by atoms with Crippen LogP contribution in [0.25, 0.3) is 0 Å². The molecule has 1 aromatic carbocycles. The predicted molar refractivity (Wildman–Crippen MR) is 71.0 cm³/mol. The van der Waals surface area contributed by atoms with Crippen LogP contribution in [0.15, 0.2) is 24.3 Å². The molecule has 5 nitrogen and oxygen atoms in total. The van der Waals surface area contributed by atoms with Gasteiger partial charge in [-0.1, -0.05) is 12.1 Å². The highest BCUT2D eigenvalue weighted by molar-refractivity contribution is 5.76. The minimum absolute atomic E-state index is 0.00712. The molecule has 110 valence electrons. The van der Waals surface area contributed by atoms with E-state index in [1.54, 1.807) is 19.1 Å². The predicted octanol–water partition coefficient (Wildman–Crippen LogP) is 1.96. The first-order valence-corrected chi connectivity index (χ1v) is 6.37. The van der Waals surface area contributed by atoms with E-state index < -0.39 is 11.8 Å². The molecule has 0 saturated heterocycles. The lowest BCUT2D eigenvalue weighted by Gasteiger charge is -2.13. The van der Waals surface area contributed by atoms with E-state index in [2.05, 4.69) is 5.32 Å². The van der Waals surface area contributed by atoms with Crippen molar-refractivity contribution < 1.29 is 23.8 Å². The average molecular weight is 283 g/mol. The molecule has 0 bridgehead atoms. The largest absolute Gasteiger partial charge is 0.490 e. The van der Waals surface area contributed by atoms with E-state index >= 15 is 0 Å². The lowest BCUT2D eigenvalue weighted by atomic mass is 10.2. The van der Waals surface area contributed by atoms with Crippen LogP contribution in [0.2, 0.25) is 0 Å². The molecular weight excluding hydrogens is 265 g/mol. The van der Waals surface area contributed by atoms with Gasteiger partial charge < -0.3 is 15.2 Å². The molecule has 6 heteroatoms. The summed E-state index contributed by atoms with van der Waals surface area (Å²) in [5, 5.41) is 11.2. The Bertz CT molecular complexity index is 464. The highest BCUT2D eigenvalue weighted by Gasteiger charge is 2.10. The number of hydrogen-bond acceptors (Lipinski definition) is 3. The zero-order chi connectivity index (χ0) is 15.0. The van der Waals surface area contributed by atoms with Gasteiger partial charge in [0.05, 0.1) is 13.0 Å². The number of amides is 1. The number of carboxylic acid groups (broad SMARTS) is 1. The molecule has 0 aromatic heterocycles. The van der Waals surface area contributed by atoms with Gasteiger partial charge >= 0.3 is 5.97 Å². The van der Waals surface area contributed by atoms with Gasteiger partial charge in [0, 0.05) is 12.5 Å². The first kappa shape index (κ1) is 15.9. The maximum absolute atomic E-state index is 13.2. The van der Waals surface area contributed by atoms with Gasteiger partial charge in [0.2, 0.25) is 5.91 Å². The first-order chi connectivity index (χ1) is 9.49. The van der Waals surface area contributed by atoms with E-state index in [-0.39, 0.29) is 37.1 Å². The van der Waals surface area contributed by atoms with Crippen molar-refractivity contribution in [3.63, 3.8) is 0 Å². The van der Waals surface area contributed by atoms with E-state index in [0.29, 0.717) is 6.42 Å². The minimum Gasteiger partial charge on any atom is -0.490 e. The third-order valence-corrected chi connectivity index (χ3v) is 2.62. The van der Waals surface area contributed by atoms with Crippen molar-refractivity contribution in [1.29, 1.82) is 0 Å². The lowest BCUT2D eigenvalue weighted by molar-refractivity contribution is -0.137. The van der Waals surface area contributed by atoms with E-state index in [4.69, 9.17) is 9.84 Å². The van der Waals surface area contributed by atoms with Crippen LogP contribution in [0.4, 0.5) is 4.39 Å². The molecular formula is C14H18FNO4. The molecule has 1 atom stereocenters. The zero-order valence-corrected chi connectivity index (χ0v) is 11.3. The van der Waals surface area contributed by atoms with E-state index in [0.717, 1.165) is 0 Å². The van der Waals surface area contributed by atoms with Crippen molar-refractivity contribution in [1.82, 2.24) is 5.32 Å². The van der Waals surface area contributed by atoms with Gasteiger partial charge in [-0.2, -0.15) is 0 Å². The van der Waals surface area contributed by atoms with Gasteiger partial charge in [0.25, 0.3) is 0 Å². The molecule has 0 aliphatic rings. The highest BCUT2D eigenvalue weighted by Crippen LogP contribution is 2.15. The van der Waals surface area contributed by atoms with Crippen molar-refractivity contribution in [3.8, 4) is 5.75 Å². The van der Waals surface area contributed by atoms with Gasteiger partial charge in [-0.25, -0.2) is 4.39 Å². The van der Waals surface area contributed by atoms with Gasteiger partial charge in [-0.3, -0.25) is 9.59 Å². The average Bonchev–Trinajstić information content (AvgIpc) is 2.38. The first-order valence-electron chi connectivity index (χ1n) is 6.37. The number of nitrogens with one attached hydrogen (secondary N) is 1. The van der Waals surface area contributed by atoms with Crippen LogP contribution in [-0.2, 0) is 9.59 Å². The normalized spacial score (nSPS) is 11.7. The van der Waals surface area contributed by atoms with Crippen LogP contribution in [0.5, 0.6) is 5.75 Å². The van der Waals surface area contributed by atoms with Crippen LogP contribution in [0.3, 0.4) is 0 Å². The summed E-state index contributed by atoms with van der Waals surface area (Å²) in [5.41, 5.74) is 0. The Morgan fingerprint density at radius 2 is 2.05 bits per heavy atom. The number of aliphatic carboxylic acids is 1. The number of carbonyl (C=O) groups excluding carboxylic acids is 1. The Kier molecular flexibility index (Phi) is 6.49. The van der Waals surface area contributed by atoms with Crippen LogP contribution in [0, 0.1) is 5.82 Å². The molecule has 20 heavy (non-hydrogen) atoms. The van der Waals surface area contributed by atoms with Crippen molar-refractivity contribution in [2.24, 2.45) is 0 Å². The van der Waals surface area contributed by atoms with Crippen molar-refractivity contribution in [2.45, 2.75) is 32.2 Å². The van der Waals surface area contributed by atoms with E-state index in [9.17, 15) is 14.0 Å². The van der Waals surface area contributed by atoms with E-state index in [1.165, 1.54) is 12.1 Å². The van der Waals surface area contributed by atoms with Gasteiger partial charge in [0.1, 0.15) is 0 Å². The van der Waals surface area contributed by atoms with E-state index in [1.807, 2.05) is 0 Å². The molecule has 1 rings (SSSR count). The summed E-state index contributed by atoms with van der Waals surface area (Å²) in [6, 6.07) is 5.75. The maximum Gasteiger partial charge on any atom is 0.303 e. The number of carbonyl (C=O) groups is 2. The number of halogens is 1. The summed E-state index contributed by atoms with van der Waals surface area (Å²) in [7, 11) is 0. The number of benzene rings is 1. The summed E-state index contributed by atoms with van der Waals surface area (Å²) in [5.74, 6) is -1.50. The summed E-state index contributed by atoms with van der Waals surface area (Å²) < 4.78 is 18.4. The van der Waals surface area contributed by atoms with Gasteiger partial charge in [-0.05, 0) is 25.5 Å². The fourth-order valence-electron chi connectivity index (χ4n) is 1.57. The zero-order valence-electron chi connectivity index (χ0n) is 11.3. The SMILES string of the molecule is CC(CCC(=O)O)NC(=O)CCOc1ccccc1F. The number of carboxylic acids is 1. The summed E-state index contributed by atoms with van der Waals surface area (Å²) in [4.78, 5) is 21.9. The maximum atomic E-state index is 13.2. The topological polar surface area (TPSA) is 75.6 Å². The molecule has 0 fully saturated rings. The van der Waals surface area contributed by atoms with Gasteiger partial charge in [0.15, 0.2) is 11.6 Å². The van der Waals surface area contributed by atoms with Crippen LogP contribution in [0.1, 0.15) is 26.2 Å². The summed E-state index contributed by atoms with van der Waals surface area (Å²) in [6.45, 7) is 1.80. The third kappa shape index (κ3) is 6.17. The number of para-hydroxylation sites is 1. The van der Waals surface area contributed by atoms with Gasteiger partial charge in [-0.15, -0.1) is 0 Å². The molecule has 0 radical (unpaired) electrons. The van der Waals surface area contributed by atoms with Crippen LogP contribution < -0.4 is 10.1 Å². The Balaban J connectivity index is 2.23. The van der Waals surface area contributed by atoms with Crippen molar-refractivity contribution in [2.75, 3.05) is 6.61 Å². The Morgan fingerprint density at radius 3 is 2.70 bits per heavy atom.